The summed E-state index contributed by atoms with van der Waals surface area (Å²) < 4.78 is 1.95. The van der Waals surface area contributed by atoms with E-state index >= 15 is 0 Å². The van der Waals surface area contributed by atoms with Crippen molar-refractivity contribution < 1.29 is 0 Å². The summed E-state index contributed by atoms with van der Waals surface area (Å²) in [6.45, 7) is 5.16. The number of aromatic nitrogens is 4. The Kier molecular flexibility index (Phi) is 2.62. The molecule has 0 amide bonds. The Balaban J connectivity index is 2.46. The Bertz CT molecular complexity index is 454. The minimum absolute atomic E-state index is 0.629. The monoisotopic (exact) mass is 207 g/mol. The molecule has 2 aromatic heterocycles. The number of nitrogens with two attached hydrogens (primary N) is 1. The van der Waals surface area contributed by atoms with Gasteiger partial charge in [-0.05, 0) is 12.8 Å². The molecule has 0 atom stereocenters. The van der Waals surface area contributed by atoms with Crippen molar-refractivity contribution in [3.8, 4) is 0 Å². The fraction of sp³-hybridized carbons (Fsp3) is 0.600. The van der Waals surface area contributed by atoms with Gasteiger partial charge in [-0.15, -0.1) is 0 Å². The number of anilines is 1. The number of nitrogens with one attached hydrogen (secondary N) is 1. The molecule has 5 nitrogen and oxygen atoms in total. The molecular formula is C10H17N5. The van der Waals surface area contributed by atoms with Gasteiger partial charge in [-0.25, -0.2) is 4.68 Å². The maximum absolute atomic E-state index is 5.82. The molecule has 5 heteroatoms. The first kappa shape index (κ1) is 10.0. The topological polar surface area (TPSA) is 72.5 Å². The van der Waals surface area contributed by atoms with Crippen LogP contribution in [0.1, 0.15) is 32.4 Å². The molecule has 0 aliphatic carbocycles. The zero-order chi connectivity index (χ0) is 10.8. The molecule has 0 fully saturated rings. The second kappa shape index (κ2) is 3.92. The van der Waals surface area contributed by atoms with Gasteiger partial charge in [-0.1, -0.05) is 20.3 Å². The van der Waals surface area contributed by atoms with E-state index in [0.717, 1.165) is 42.5 Å². The number of nitrogens with zero attached hydrogens (tertiary/aromatic N) is 3. The van der Waals surface area contributed by atoms with Crippen LogP contribution in [0.4, 0.5) is 5.82 Å². The van der Waals surface area contributed by atoms with Crippen LogP contribution in [-0.4, -0.2) is 20.0 Å². The van der Waals surface area contributed by atoms with Crippen molar-refractivity contribution in [2.75, 3.05) is 5.73 Å². The first-order valence-corrected chi connectivity index (χ1v) is 5.47. The third kappa shape index (κ3) is 1.58. The zero-order valence-electron chi connectivity index (χ0n) is 9.25. The van der Waals surface area contributed by atoms with Crippen LogP contribution in [0.15, 0.2) is 0 Å². The van der Waals surface area contributed by atoms with Gasteiger partial charge in [0.15, 0.2) is 5.65 Å². The maximum atomic E-state index is 5.82. The summed E-state index contributed by atoms with van der Waals surface area (Å²) in [5.41, 5.74) is 7.74. The number of rotatable bonds is 4. The molecule has 0 aliphatic heterocycles. The Labute approximate surface area is 88.6 Å². The lowest BCUT2D eigenvalue weighted by molar-refractivity contribution is 0.576. The smallest absolute Gasteiger partial charge is 0.182 e. The fourth-order valence-corrected chi connectivity index (χ4v) is 1.77. The molecule has 0 saturated carbocycles. The molecule has 0 unspecified atom stereocenters. The predicted molar refractivity (Wildman–Crippen MR) is 60.6 cm³/mol. The molecule has 0 radical (unpaired) electrons. The fourth-order valence-electron chi connectivity index (χ4n) is 1.77. The number of hydrogen-bond acceptors (Lipinski definition) is 3. The van der Waals surface area contributed by atoms with Gasteiger partial charge in [0, 0.05) is 6.54 Å². The van der Waals surface area contributed by atoms with Crippen molar-refractivity contribution in [3.05, 3.63) is 5.69 Å². The van der Waals surface area contributed by atoms with E-state index in [9.17, 15) is 0 Å². The van der Waals surface area contributed by atoms with Gasteiger partial charge in [0.2, 0.25) is 0 Å². The Hall–Kier alpha value is -1.52. The Morgan fingerprint density at radius 1 is 1.40 bits per heavy atom. The lowest BCUT2D eigenvalue weighted by Gasteiger charge is -1.98. The third-order valence-electron chi connectivity index (χ3n) is 2.61. The quantitative estimate of drug-likeness (QED) is 0.801. The molecule has 0 aliphatic rings. The van der Waals surface area contributed by atoms with E-state index in [1.54, 1.807) is 0 Å². The number of unbranched alkanes of at least 4 members (excludes halogenated alkanes) is 1. The lowest BCUT2D eigenvalue weighted by atomic mass is 10.2. The van der Waals surface area contributed by atoms with Crippen LogP contribution >= 0.6 is 0 Å². The van der Waals surface area contributed by atoms with Gasteiger partial charge >= 0.3 is 0 Å². The molecule has 0 spiro atoms. The maximum Gasteiger partial charge on any atom is 0.182 e. The zero-order valence-corrected chi connectivity index (χ0v) is 9.25. The number of aromatic amines is 1. The SMILES string of the molecule is CCCCn1nc(CC)c2c(N)[nH]nc21. The molecule has 2 rings (SSSR count). The minimum atomic E-state index is 0.629. The van der Waals surface area contributed by atoms with E-state index in [1.807, 2.05) is 4.68 Å². The van der Waals surface area contributed by atoms with E-state index < -0.39 is 0 Å². The highest BCUT2D eigenvalue weighted by atomic mass is 15.3. The van der Waals surface area contributed by atoms with E-state index in [2.05, 4.69) is 29.1 Å². The molecule has 2 aromatic rings. The first-order chi connectivity index (χ1) is 7.27. The normalized spacial score (nSPS) is 11.3. The molecule has 0 aromatic carbocycles. The average molecular weight is 207 g/mol. The van der Waals surface area contributed by atoms with E-state index in [0.29, 0.717) is 5.82 Å². The summed E-state index contributed by atoms with van der Waals surface area (Å²) in [7, 11) is 0. The van der Waals surface area contributed by atoms with Crippen LogP contribution in [0.5, 0.6) is 0 Å². The Morgan fingerprint density at radius 3 is 2.87 bits per heavy atom. The van der Waals surface area contributed by atoms with Crippen molar-refractivity contribution in [3.63, 3.8) is 0 Å². The van der Waals surface area contributed by atoms with E-state index in [1.165, 1.54) is 0 Å². The highest BCUT2D eigenvalue weighted by Crippen LogP contribution is 2.22. The third-order valence-corrected chi connectivity index (χ3v) is 2.61. The molecular weight excluding hydrogens is 190 g/mol. The summed E-state index contributed by atoms with van der Waals surface area (Å²) in [6.07, 6.45) is 3.16. The lowest BCUT2D eigenvalue weighted by Crippen LogP contribution is -2.01. The van der Waals surface area contributed by atoms with Gasteiger partial charge in [0.25, 0.3) is 0 Å². The molecule has 0 bridgehead atoms. The minimum Gasteiger partial charge on any atom is -0.383 e. The van der Waals surface area contributed by atoms with Crippen molar-refractivity contribution in [1.29, 1.82) is 0 Å². The molecule has 3 N–H and O–H groups in total. The highest BCUT2D eigenvalue weighted by Gasteiger charge is 2.14. The van der Waals surface area contributed by atoms with Crippen LogP contribution in [0.25, 0.3) is 11.0 Å². The molecule has 15 heavy (non-hydrogen) atoms. The van der Waals surface area contributed by atoms with Gasteiger partial charge in [0.1, 0.15) is 5.82 Å². The summed E-state index contributed by atoms with van der Waals surface area (Å²) >= 11 is 0. The summed E-state index contributed by atoms with van der Waals surface area (Å²) in [5, 5.41) is 12.5. The van der Waals surface area contributed by atoms with Gasteiger partial charge in [-0.3, -0.25) is 5.10 Å². The van der Waals surface area contributed by atoms with Crippen molar-refractivity contribution >= 4 is 16.9 Å². The Morgan fingerprint density at radius 2 is 2.20 bits per heavy atom. The standard InChI is InChI=1S/C10H17N5/c1-3-5-6-15-10-8(7(4-2)14-15)9(11)12-13-10/h3-6H2,1-2H3,(H3,11,12,13). The van der Waals surface area contributed by atoms with Crippen molar-refractivity contribution in [2.24, 2.45) is 0 Å². The van der Waals surface area contributed by atoms with E-state index in [-0.39, 0.29) is 0 Å². The van der Waals surface area contributed by atoms with E-state index in [4.69, 9.17) is 5.73 Å². The second-order valence-corrected chi connectivity index (χ2v) is 3.71. The van der Waals surface area contributed by atoms with Gasteiger partial charge in [0.05, 0.1) is 11.1 Å². The van der Waals surface area contributed by atoms with Crippen LogP contribution < -0.4 is 5.73 Å². The number of fused-ring (bicyclic) bond motifs is 1. The van der Waals surface area contributed by atoms with Crippen LogP contribution in [-0.2, 0) is 13.0 Å². The molecule has 2 heterocycles. The predicted octanol–water partition coefficient (Wildman–Crippen LogP) is 1.70. The summed E-state index contributed by atoms with van der Waals surface area (Å²) in [6, 6.07) is 0. The summed E-state index contributed by atoms with van der Waals surface area (Å²) in [5.74, 6) is 0.629. The summed E-state index contributed by atoms with van der Waals surface area (Å²) in [4.78, 5) is 0. The molecule has 0 saturated heterocycles. The second-order valence-electron chi connectivity index (χ2n) is 3.71. The highest BCUT2D eigenvalue weighted by molar-refractivity contribution is 5.88. The van der Waals surface area contributed by atoms with Gasteiger partial charge < -0.3 is 5.73 Å². The first-order valence-electron chi connectivity index (χ1n) is 5.47. The van der Waals surface area contributed by atoms with Gasteiger partial charge in [-0.2, -0.15) is 10.2 Å². The van der Waals surface area contributed by atoms with Crippen LogP contribution in [0, 0.1) is 0 Å². The van der Waals surface area contributed by atoms with Crippen LogP contribution in [0.3, 0.4) is 0 Å². The average Bonchev–Trinajstić information content (AvgIpc) is 2.77. The largest absolute Gasteiger partial charge is 0.383 e. The van der Waals surface area contributed by atoms with Crippen molar-refractivity contribution in [2.45, 2.75) is 39.7 Å². The number of aryl methyl sites for hydroxylation is 2. The molecule has 82 valence electrons. The number of H-pyrrole nitrogens is 1. The number of nitrogen functional groups attached to an aromatic ring is 1. The van der Waals surface area contributed by atoms with Crippen molar-refractivity contribution in [1.82, 2.24) is 20.0 Å². The van der Waals surface area contributed by atoms with Crippen LogP contribution in [0.2, 0.25) is 0 Å². The number of hydrogen-bond donors (Lipinski definition) is 2.